The molecule has 3 N–H and O–H groups in total. The number of nitrogens with two attached hydrogens (primary N) is 1. The number of hydrogen-bond acceptors (Lipinski definition) is 3. The summed E-state index contributed by atoms with van der Waals surface area (Å²) in [6.07, 6.45) is 2.46. The molecule has 0 aliphatic carbocycles. The molecule has 0 saturated heterocycles. The second kappa shape index (κ2) is 6.61. The molecule has 0 bridgehead atoms. The minimum Gasteiger partial charge on any atom is -0.389 e. The van der Waals surface area contributed by atoms with E-state index in [2.05, 4.69) is 5.32 Å². The first kappa shape index (κ1) is 14.0. The SMILES string of the molecule is CSCCC(=O)Nc1cccc(C)c1C(N)=S. The fourth-order valence-corrected chi connectivity index (χ4v) is 2.17. The summed E-state index contributed by atoms with van der Waals surface area (Å²) >= 11 is 6.64. The van der Waals surface area contributed by atoms with Crippen molar-refractivity contribution in [3.8, 4) is 0 Å². The van der Waals surface area contributed by atoms with E-state index in [-0.39, 0.29) is 5.91 Å². The third-order valence-corrected chi connectivity index (χ3v) is 3.14. The van der Waals surface area contributed by atoms with Gasteiger partial charge >= 0.3 is 0 Å². The van der Waals surface area contributed by atoms with Crippen molar-refractivity contribution in [3.05, 3.63) is 29.3 Å². The normalized spacial score (nSPS) is 10.0. The molecular formula is C12H16N2OS2. The van der Waals surface area contributed by atoms with Crippen molar-refractivity contribution < 1.29 is 4.79 Å². The minimum atomic E-state index is -0.0116. The highest BCUT2D eigenvalue weighted by Crippen LogP contribution is 2.19. The van der Waals surface area contributed by atoms with Gasteiger partial charge in [0.05, 0.1) is 5.69 Å². The molecule has 1 aromatic carbocycles. The number of nitrogens with one attached hydrogen (secondary N) is 1. The maximum atomic E-state index is 11.6. The van der Waals surface area contributed by atoms with Crippen LogP contribution < -0.4 is 11.1 Å². The maximum absolute atomic E-state index is 11.6. The quantitative estimate of drug-likeness (QED) is 0.805. The van der Waals surface area contributed by atoms with E-state index in [0.29, 0.717) is 17.1 Å². The largest absolute Gasteiger partial charge is 0.389 e. The Bertz CT molecular complexity index is 433. The molecule has 0 fully saturated rings. The molecule has 1 rings (SSSR count). The van der Waals surface area contributed by atoms with E-state index in [1.165, 1.54) is 0 Å². The lowest BCUT2D eigenvalue weighted by Crippen LogP contribution is -2.18. The number of aryl methyl sites for hydroxylation is 1. The van der Waals surface area contributed by atoms with E-state index in [1.807, 2.05) is 31.4 Å². The summed E-state index contributed by atoms with van der Waals surface area (Å²) in [5.74, 6) is 0.794. The zero-order chi connectivity index (χ0) is 12.8. The molecule has 92 valence electrons. The Morgan fingerprint density at radius 1 is 1.53 bits per heavy atom. The van der Waals surface area contributed by atoms with Crippen LogP contribution in [0.4, 0.5) is 5.69 Å². The van der Waals surface area contributed by atoms with Crippen LogP contribution in [0.15, 0.2) is 18.2 Å². The average Bonchev–Trinajstić information content (AvgIpc) is 2.25. The van der Waals surface area contributed by atoms with Crippen LogP contribution in [-0.2, 0) is 4.79 Å². The lowest BCUT2D eigenvalue weighted by atomic mass is 10.1. The van der Waals surface area contributed by atoms with Crippen molar-refractivity contribution >= 4 is 40.6 Å². The van der Waals surface area contributed by atoms with Gasteiger partial charge in [-0.1, -0.05) is 24.4 Å². The summed E-state index contributed by atoms with van der Waals surface area (Å²) in [5.41, 5.74) is 8.09. The van der Waals surface area contributed by atoms with Crippen LogP contribution in [0.25, 0.3) is 0 Å². The summed E-state index contributed by atoms with van der Waals surface area (Å²) in [5, 5.41) is 2.85. The molecule has 1 amide bonds. The van der Waals surface area contributed by atoms with Gasteiger partial charge in [-0.15, -0.1) is 0 Å². The topological polar surface area (TPSA) is 55.1 Å². The first-order valence-corrected chi connectivity index (χ1v) is 7.04. The Balaban J connectivity index is 2.87. The van der Waals surface area contributed by atoms with Crippen LogP contribution in [0.5, 0.6) is 0 Å². The van der Waals surface area contributed by atoms with Gasteiger partial charge in [0.25, 0.3) is 0 Å². The van der Waals surface area contributed by atoms with Crippen LogP contribution in [0.3, 0.4) is 0 Å². The van der Waals surface area contributed by atoms with E-state index in [4.69, 9.17) is 18.0 Å². The number of amides is 1. The number of benzene rings is 1. The van der Waals surface area contributed by atoms with E-state index >= 15 is 0 Å². The molecule has 0 aliphatic rings. The molecule has 0 spiro atoms. The second-order valence-corrected chi connectivity index (χ2v) is 5.08. The highest BCUT2D eigenvalue weighted by Gasteiger charge is 2.10. The molecule has 0 aliphatic heterocycles. The number of hydrogen-bond donors (Lipinski definition) is 2. The van der Waals surface area contributed by atoms with Crippen molar-refractivity contribution in [2.24, 2.45) is 5.73 Å². The smallest absolute Gasteiger partial charge is 0.225 e. The minimum absolute atomic E-state index is 0.0116. The number of carbonyl (C=O) groups is 1. The van der Waals surface area contributed by atoms with E-state index in [0.717, 1.165) is 16.9 Å². The summed E-state index contributed by atoms with van der Waals surface area (Å²) in [6, 6.07) is 5.62. The van der Waals surface area contributed by atoms with Gasteiger partial charge in [0.15, 0.2) is 0 Å². The van der Waals surface area contributed by atoms with Crippen molar-refractivity contribution in [2.75, 3.05) is 17.3 Å². The average molecular weight is 268 g/mol. The fraction of sp³-hybridized carbons (Fsp3) is 0.333. The third-order valence-electron chi connectivity index (χ3n) is 2.33. The van der Waals surface area contributed by atoms with Crippen LogP contribution in [0.2, 0.25) is 0 Å². The van der Waals surface area contributed by atoms with Gasteiger partial charge in [0.1, 0.15) is 4.99 Å². The Labute approximate surface area is 111 Å². The zero-order valence-electron chi connectivity index (χ0n) is 9.95. The summed E-state index contributed by atoms with van der Waals surface area (Å²) in [4.78, 5) is 12.0. The van der Waals surface area contributed by atoms with E-state index in [9.17, 15) is 4.79 Å². The summed E-state index contributed by atoms with van der Waals surface area (Å²) < 4.78 is 0. The lowest BCUT2D eigenvalue weighted by Gasteiger charge is -2.12. The highest BCUT2D eigenvalue weighted by atomic mass is 32.2. The summed E-state index contributed by atoms with van der Waals surface area (Å²) in [7, 11) is 0. The van der Waals surface area contributed by atoms with E-state index < -0.39 is 0 Å². The Kier molecular flexibility index (Phi) is 5.44. The lowest BCUT2D eigenvalue weighted by molar-refractivity contribution is -0.115. The molecule has 0 heterocycles. The molecule has 0 unspecified atom stereocenters. The number of rotatable bonds is 5. The second-order valence-electron chi connectivity index (χ2n) is 3.65. The standard InChI is InChI=1S/C12H16N2OS2/c1-8-4-3-5-9(11(8)12(13)16)14-10(15)6-7-17-2/h3-5H,6-7H2,1-2H3,(H2,13,16)(H,14,15). The van der Waals surface area contributed by atoms with Crippen molar-refractivity contribution in [2.45, 2.75) is 13.3 Å². The van der Waals surface area contributed by atoms with Crippen LogP contribution in [-0.4, -0.2) is 22.9 Å². The Hall–Kier alpha value is -1.07. The zero-order valence-corrected chi connectivity index (χ0v) is 11.6. The van der Waals surface area contributed by atoms with Gasteiger partial charge in [-0.2, -0.15) is 11.8 Å². The van der Waals surface area contributed by atoms with Crippen molar-refractivity contribution in [1.82, 2.24) is 0 Å². The maximum Gasteiger partial charge on any atom is 0.225 e. The molecule has 5 heteroatoms. The number of carbonyl (C=O) groups excluding carboxylic acids is 1. The first-order valence-electron chi connectivity index (χ1n) is 5.24. The Morgan fingerprint density at radius 3 is 2.82 bits per heavy atom. The van der Waals surface area contributed by atoms with E-state index in [1.54, 1.807) is 11.8 Å². The summed E-state index contributed by atoms with van der Waals surface area (Å²) in [6.45, 7) is 1.92. The van der Waals surface area contributed by atoms with Crippen molar-refractivity contribution in [3.63, 3.8) is 0 Å². The number of thioether (sulfide) groups is 1. The predicted molar refractivity (Wildman–Crippen MR) is 78.7 cm³/mol. The number of anilines is 1. The molecule has 0 atom stereocenters. The van der Waals surface area contributed by atoms with Crippen LogP contribution in [0.1, 0.15) is 17.5 Å². The molecule has 0 radical (unpaired) electrons. The molecule has 17 heavy (non-hydrogen) atoms. The third kappa shape index (κ3) is 4.02. The monoisotopic (exact) mass is 268 g/mol. The van der Waals surface area contributed by atoms with Gasteiger partial charge < -0.3 is 11.1 Å². The molecule has 3 nitrogen and oxygen atoms in total. The van der Waals surface area contributed by atoms with Crippen LogP contribution in [0, 0.1) is 6.92 Å². The Morgan fingerprint density at radius 2 is 2.24 bits per heavy atom. The molecule has 0 aromatic heterocycles. The first-order chi connectivity index (χ1) is 8.06. The van der Waals surface area contributed by atoms with Gasteiger partial charge in [0, 0.05) is 17.7 Å². The predicted octanol–water partition coefficient (Wildman–Crippen LogP) is 2.32. The van der Waals surface area contributed by atoms with Crippen LogP contribution >= 0.6 is 24.0 Å². The van der Waals surface area contributed by atoms with Gasteiger partial charge in [-0.05, 0) is 24.8 Å². The molecule has 1 aromatic rings. The number of thiocarbonyl (C=S) groups is 1. The van der Waals surface area contributed by atoms with Gasteiger partial charge in [-0.3, -0.25) is 4.79 Å². The van der Waals surface area contributed by atoms with Crippen molar-refractivity contribution in [1.29, 1.82) is 0 Å². The molecule has 0 saturated carbocycles. The van der Waals surface area contributed by atoms with Gasteiger partial charge in [0.2, 0.25) is 5.91 Å². The molecular weight excluding hydrogens is 252 g/mol. The van der Waals surface area contributed by atoms with Gasteiger partial charge in [-0.25, -0.2) is 0 Å². The highest BCUT2D eigenvalue weighted by molar-refractivity contribution is 7.98. The fourth-order valence-electron chi connectivity index (χ4n) is 1.51.